The summed E-state index contributed by atoms with van der Waals surface area (Å²) in [5.74, 6) is 0.509. The van der Waals surface area contributed by atoms with Crippen LogP contribution in [0.1, 0.15) is 36.5 Å². The lowest BCUT2D eigenvalue weighted by Gasteiger charge is -2.17. The van der Waals surface area contributed by atoms with Crippen LogP contribution in [0.3, 0.4) is 0 Å². The number of anilines is 2. The van der Waals surface area contributed by atoms with Crippen LogP contribution in [0.4, 0.5) is 11.6 Å². The first-order chi connectivity index (χ1) is 18.0. The SMILES string of the molecule is C/C=S(/NCCN1CCCC1)c1cccc(Nc2nnc3cc(-c4c(C)cccc4C)cc(C)c3n2)c1. The minimum atomic E-state index is -0.112. The highest BCUT2D eigenvalue weighted by Crippen LogP contribution is 2.31. The van der Waals surface area contributed by atoms with Crippen LogP contribution in [0.5, 0.6) is 0 Å². The van der Waals surface area contributed by atoms with Crippen LogP contribution in [0, 0.1) is 20.8 Å². The molecule has 2 N–H and O–H groups in total. The monoisotopic (exact) mass is 512 g/mol. The maximum atomic E-state index is 4.83. The lowest BCUT2D eigenvalue weighted by atomic mass is 9.94. The van der Waals surface area contributed by atoms with E-state index in [0.29, 0.717) is 5.95 Å². The van der Waals surface area contributed by atoms with Gasteiger partial charge in [0.05, 0.1) is 5.52 Å². The molecule has 7 heteroatoms. The first kappa shape index (κ1) is 25.5. The normalized spacial score (nSPS) is 14.9. The van der Waals surface area contributed by atoms with E-state index >= 15 is 0 Å². The molecule has 5 rings (SSSR count). The molecule has 1 aromatic heterocycles. The second-order valence-corrected chi connectivity index (χ2v) is 11.6. The molecule has 0 radical (unpaired) electrons. The fourth-order valence-electron chi connectivity index (χ4n) is 5.14. The van der Waals surface area contributed by atoms with E-state index in [1.54, 1.807) is 0 Å². The molecular weight excluding hydrogens is 476 g/mol. The average Bonchev–Trinajstić information content (AvgIpc) is 3.41. The van der Waals surface area contributed by atoms with Gasteiger partial charge in [0, 0.05) is 23.7 Å². The molecule has 0 amide bonds. The molecule has 0 spiro atoms. The zero-order chi connectivity index (χ0) is 25.8. The molecule has 2 heterocycles. The summed E-state index contributed by atoms with van der Waals surface area (Å²) in [6.07, 6.45) is 2.66. The fourth-order valence-corrected chi connectivity index (χ4v) is 6.54. The predicted molar refractivity (Wildman–Crippen MR) is 158 cm³/mol. The van der Waals surface area contributed by atoms with Crippen LogP contribution in [0.25, 0.3) is 22.2 Å². The first-order valence-corrected chi connectivity index (χ1v) is 14.4. The molecule has 1 unspecified atom stereocenters. The molecule has 3 aromatic carbocycles. The van der Waals surface area contributed by atoms with E-state index < -0.39 is 0 Å². The van der Waals surface area contributed by atoms with Crippen molar-refractivity contribution in [3.63, 3.8) is 0 Å². The van der Waals surface area contributed by atoms with Gasteiger partial charge in [0.1, 0.15) is 5.52 Å². The standard InChI is InChI=1S/C30H36N6S/c1-5-37(31-14-17-36-15-6-7-16-36)26-13-9-12-25(20-26)32-30-33-29-23(4)18-24(19-27(29)34-35-30)28-21(2)10-8-11-22(28)3/h5,8-13,18-20,31H,6-7,14-17H2,1-4H3,(H,32,33,35). The molecule has 1 fully saturated rings. The van der Waals surface area contributed by atoms with Gasteiger partial charge in [-0.2, -0.15) is 0 Å². The quantitative estimate of drug-likeness (QED) is 0.266. The van der Waals surface area contributed by atoms with Gasteiger partial charge in [0.25, 0.3) is 0 Å². The Hall–Kier alpha value is -3.13. The summed E-state index contributed by atoms with van der Waals surface area (Å²) in [6.45, 7) is 13.1. The summed E-state index contributed by atoms with van der Waals surface area (Å²) >= 11 is 0. The third-order valence-electron chi connectivity index (χ3n) is 6.98. The Morgan fingerprint density at radius 1 is 0.919 bits per heavy atom. The fraction of sp³-hybridized carbons (Fsp3) is 0.333. The number of nitrogens with one attached hydrogen (secondary N) is 2. The van der Waals surface area contributed by atoms with E-state index in [1.807, 2.05) is 0 Å². The maximum absolute atomic E-state index is 4.83. The van der Waals surface area contributed by atoms with Gasteiger partial charge in [0.15, 0.2) is 0 Å². The molecule has 0 bridgehead atoms. The molecule has 37 heavy (non-hydrogen) atoms. The lowest BCUT2D eigenvalue weighted by molar-refractivity contribution is 0.345. The van der Waals surface area contributed by atoms with Gasteiger partial charge in [-0.05, 0) is 117 Å². The van der Waals surface area contributed by atoms with Crippen molar-refractivity contribution in [2.45, 2.75) is 45.4 Å². The zero-order valence-corrected chi connectivity index (χ0v) is 23.0. The van der Waals surface area contributed by atoms with Crippen molar-refractivity contribution in [2.75, 3.05) is 31.5 Å². The van der Waals surface area contributed by atoms with Crippen LogP contribution >= 0.6 is 10.7 Å². The Bertz CT molecular complexity index is 1420. The molecule has 4 aromatic rings. The van der Waals surface area contributed by atoms with E-state index in [1.165, 1.54) is 47.5 Å². The van der Waals surface area contributed by atoms with Crippen LogP contribution in [0.15, 0.2) is 59.5 Å². The lowest BCUT2D eigenvalue weighted by Crippen LogP contribution is -2.27. The van der Waals surface area contributed by atoms with Gasteiger partial charge >= 0.3 is 0 Å². The molecule has 1 aliphatic rings. The van der Waals surface area contributed by atoms with Crippen LogP contribution < -0.4 is 10.0 Å². The van der Waals surface area contributed by atoms with Gasteiger partial charge in [0.2, 0.25) is 5.95 Å². The Labute approximate surface area is 222 Å². The molecule has 1 aliphatic heterocycles. The van der Waals surface area contributed by atoms with E-state index in [4.69, 9.17) is 4.98 Å². The third-order valence-corrected chi connectivity index (χ3v) is 8.73. The van der Waals surface area contributed by atoms with E-state index in [9.17, 15) is 0 Å². The maximum Gasteiger partial charge on any atom is 0.247 e. The highest BCUT2D eigenvalue weighted by Gasteiger charge is 2.13. The summed E-state index contributed by atoms with van der Waals surface area (Å²) in [5.41, 5.74) is 8.65. The van der Waals surface area contributed by atoms with Gasteiger partial charge in [-0.15, -0.1) is 10.2 Å². The van der Waals surface area contributed by atoms with Crippen LogP contribution in [-0.2, 0) is 0 Å². The zero-order valence-electron chi connectivity index (χ0n) is 22.2. The molecule has 1 saturated heterocycles. The van der Waals surface area contributed by atoms with E-state index in [-0.39, 0.29) is 10.7 Å². The number of fused-ring (bicyclic) bond motifs is 1. The molecule has 192 valence electrons. The molecule has 0 aliphatic carbocycles. The number of rotatable bonds is 8. The Morgan fingerprint density at radius 3 is 2.43 bits per heavy atom. The second-order valence-electron chi connectivity index (χ2n) is 9.73. The Kier molecular flexibility index (Phi) is 7.93. The minimum absolute atomic E-state index is 0.112. The average molecular weight is 513 g/mol. The van der Waals surface area contributed by atoms with E-state index in [0.717, 1.165) is 40.9 Å². The molecule has 0 saturated carbocycles. The summed E-state index contributed by atoms with van der Waals surface area (Å²) in [7, 11) is -0.112. The molecular formula is C30H36N6S. The van der Waals surface area contributed by atoms with Gasteiger partial charge in [-0.3, -0.25) is 4.72 Å². The Morgan fingerprint density at radius 2 is 1.68 bits per heavy atom. The summed E-state index contributed by atoms with van der Waals surface area (Å²) in [6, 6.07) is 19.2. The van der Waals surface area contributed by atoms with Crippen molar-refractivity contribution < 1.29 is 0 Å². The van der Waals surface area contributed by atoms with Crippen molar-refractivity contribution >= 4 is 38.7 Å². The van der Waals surface area contributed by atoms with E-state index in [2.05, 4.69) is 113 Å². The number of likely N-dealkylation sites (tertiary alicyclic amines) is 1. The van der Waals surface area contributed by atoms with Crippen molar-refractivity contribution in [1.82, 2.24) is 24.8 Å². The molecule has 1 atom stereocenters. The van der Waals surface area contributed by atoms with Crippen molar-refractivity contribution in [3.05, 3.63) is 71.3 Å². The van der Waals surface area contributed by atoms with Crippen molar-refractivity contribution in [2.24, 2.45) is 0 Å². The van der Waals surface area contributed by atoms with Gasteiger partial charge in [-0.25, -0.2) is 4.98 Å². The summed E-state index contributed by atoms with van der Waals surface area (Å²) in [4.78, 5) is 8.61. The Balaban J connectivity index is 1.34. The largest absolute Gasteiger partial charge is 0.323 e. The van der Waals surface area contributed by atoms with Gasteiger partial charge < -0.3 is 10.2 Å². The van der Waals surface area contributed by atoms with Crippen molar-refractivity contribution in [1.29, 1.82) is 0 Å². The topological polar surface area (TPSA) is 66.0 Å². The number of nitrogens with zero attached hydrogens (tertiary/aromatic N) is 4. The summed E-state index contributed by atoms with van der Waals surface area (Å²) in [5, 5.41) is 14.6. The predicted octanol–water partition coefficient (Wildman–Crippen LogP) is 6.41. The summed E-state index contributed by atoms with van der Waals surface area (Å²) < 4.78 is 3.72. The third kappa shape index (κ3) is 5.90. The second kappa shape index (κ2) is 11.5. The number of hydrogen-bond donors (Lipinski definition) is 2. The number of hydrogen-bond acceptors (Lipinski definition) is 6. The van der Waals surface area contributed by atoms with Crippen LogP contribution in [0.2, 0.25) is 0 Å². The number of aryl methyl sites for hydroxylation is 3. The number of benzene rings is 3. The van der Waals surface area contributed by atoms with Crippen molar-refractivity contribution in [3.8, 4) is 11.1 Å². The van der Waals surface area contributed by atoms with Crippen LogP contribution in [-0.4, -0.2) is 51.6 Å². The highest BCUT2D eigenvalue weighted by atomic mass is 32.2. The highest BCUT2D eigenvalue weighted by molar-refractivity contribution is 8.13. The molecule has 6 nitrogen and oxygen atoms in total. The van der Waals surface area contributed by atoms with Gasteiger partial charge in [-0.1, -0.05) is 34.9 Å². The smallest absolute Gasteiger partial charge is 0.247 e. The minimum Gasteiger partial charge on any atom is -0.323 e. The first-order valence-electron chi connectivity index (χ1n) is 13.1. The number of aromatic nitrogens is 3.